The van der Waals surface area contributed by atoms with Gasteiger partial charge in [-0.1, -0.05) is 50.2 Å². The molecule has 2 rings (SSSR count). The first-order valence-corrected chi connectivity index (χ1v) is 10.2. The van der Waals surface area contributed by atoms with Crippen LogP contribution in [0.2, 0.25) is 0 Å². The lowest BCUT2D eigenvalue weighted by Crippen LogP contribution is -2.50. The van der Waals surface area contributed by atoms with E-state index in [1.54, 1.807) is 13.8 Å². The molecule has 0 fully saturated rings. The summed E-state index contributed by atoms with van der Waals surface area (Å²) in [4.78, 5) is 12.3. The fourth-order valence-electron chi connectivity index (χ4n) is 2.84. The molecular weight excluding hydrogens is 367 g/mol. The van der Waals surface area contributed by atoms with E-state index in [1.807, 2.05) is 38.1 Å². The molecule has 0 heterocycles. The molecule has 0 aliphatic carbocycles. The Morgan fingerprint density at radius 2 is 1.59 bits per heavy atom. The second-order valence-corrected chi connectivity index (χ2v) is 8.54. The molecule has 2 unspecified atom stereocenters. The normalized spacial score (nSPS) is 14.0. The number of nitrogens with one attached hydrogen (secondary N) is 2. The maximum Gasteiger partial charge on any atom is 0.244 e. The number of carbonyl (C=O) groups is 1. The molecule has 0 bridgehead atoms. The largest absolute Gasteiger partial charge is 0.348 e. The summed E-state index contributed by atoms with van der Waals surface area (Å²) in [5, 5.41) is 2.85. The Hall–Kier alpha value is -2.25. The summed E-state index contributed by atoms with van der Waals surface area (Å²) in [6.45, 7) is 7.24. The first-order chi connectivity index (χ1) is 12.6. The molecular formula is C20H25FN2O3S. The Morgan fingerprint density at radius 3 is 2.19 bits per heavy atom. The van der Waals surface area contributed by atoms with Crippen LogP contribution >= 0.6 is 0 Å². The Bertz CT molecular complexity index is 913. The van der Waals surface area contributed by atoms with Crippen molar-refractivity contribution in [2.75, 3.05) is 0 Å². The van der Waals surface area contributed by atoms with Crippen molar-refractivity contribution in [1.82, 2.24) is 10.0 Å². The third kappa shape index (κ3) is 5.14. The van der Waals surface area contributed by atoms with E-state index in [0.29, 0.717) is 0 Å². The van der Waals surface area contributed by atoms with Gasteiger partial charge in [0.1, 0.15) is 16.8 Å². The van der Waals surface area contributed by atoms with Crippen molar-refractivity contribution in [3.8, 4) is 0 Å². The molecule has 2 atom stereocenters. The molecule has 0 saturated heterocycles. The summed E-state index contributed by atoms with van der Waals surface area (Å²) in [5.41, 5.74) is 1.98. The zero-order valence-electron chi connectivity index (χ0n) is 15.9. The predicted octanol–water partition coefficient (Wildman–Crippen LogP) is 3.31. The minimum Gasteiger partial charge on any atom is -0.348 e. The third-order valence-corrected chi connectivity index (χ3v) is 5.85. The minimum atomic E-state index is -4.17. The highest BCUT2D eigenvalue weighted by atomic mass is 32.2. The summed E-state index contributed by atoms with van der Waals surface area (Å²) in [7, 11) is -4.17. The summed E-state index contributed by atoms with van der Waals surface area (Å²) in [6.07, 6.45) is 0. The van der Waals surface area contributed by atoms with E-state index in [9.17, 15) is 17.6 Å². The van der Waals surface area contributed by atoms with Crippen molar-refractivity contribution in [2.45, 2.75) is 44.7 Å². The highest BCUT2D eigenvalue weighted by Crippen LogP contribution is 2.19. The topological polar surface area (TPSA) is 75.3 Å². The Kier molecular flexibility index (Phi) is 6.73. The number of hydrogen-bond acceptors (Lipinski definition) is 3. The van der Waals surface area contributed by atoms with Crippen molar-refractivity contribution in [2.24, 2.45) is 5.92 Å². The lowest BCUT2D eigenvalue weighted by molar-refractivity contribution is -0.124. The van der Waals surface area contributed by atoms with E-state index in [1.165, 1.54) is 18.2 Å². The van der Waals surface area contributed by atoms with Crippen molar-refractivity contribution >= 4 is 15.9 Å². The zero-order valence-corrected chi connectivity index (χ0v) is 16.7. The first-order valence-electron chi connectivity index (χ1n) is 8.76. The number of aryl methyl sites for hydroxylation is 1. The van der Waals surface area contributed by atoms with E-state index in [-0.39, 0.29) is 12.0 Å². The number of rotatable bonds is 7. The lowest BCUT2D eigenvalue weighted by Gasteiger charge is -2.24. The van der Waals surface area contributed by atoms with Crippen LogP contribution < -0.4 is 10.0 Å². The molecule has 0 saturated carbocycles. The predicted molar refractivity (Wildman–Crippen MR) is 103 cm³/mol. The van der Waals surface area contributed by atoms with E-state index in [0.717, 1.165) is 17.2 Å². The van der Waals surface area contributed by atoms with Gasteiger partial charge in [-0.05, 0) is 43.0 Å². The zero-order chi connectivity index (χ0) is 20.2. The maximum absolute atomic E-state index is 13.9. The lowest BCUT2D eigenvalue weighted by atomic mass is 10.0. The van der Waals surface area contributed by atoms with Gasteiger partial charge in [0.2, 0.25) is 15.9 Å². The van der Waals surface area contributed by atoms with Crippen LogP contribution in [-0.2, 0) is 14.8 Å². The highest BCUT2D eigenvalue weighted by Gasteiger charge is 2.30. The van der Waals surface area contributed by atoms with Gasteiger partial charge in [-0.2, -0.15) is 4.72 Å². The van der Waals surface area contributed by atoms with Crippen LogP contribution in [0.1, 0.15) is 37.9 Å². The van der Waals surface area contributed by atoms with Crippen LogP contribution in [0.15, 0.2) is 53.4 Å². The molecule has 27 heavy (non-hydrogen) atoms. The highest BCUT2D eigenvalue weighted by molar-refractivity contribution is 7.89. The number of hydrogen-bond donors (Lipinski definition) is 2. The molecule has 7 heteroatoms. The van der Waals surface area contributed by atoms with E-state index >= 15 is 0 Å². The average Bonchev–Trinajstić information content (AvgIpc) is 2.60. The molecule has 1 amide bonds. The van der Waals surface area contributed by atoms with Crippen LogP contribution in [0.4, 0.5) is 4.39 Å². The smallest absolute Gasteiger partial charge is 0.244 e. The van der Waals surface area contributed by atoms with Crippen molar-refractivity contribution in [3.05, 3.63) is 65.5 Å². The Balaban J connectivity index is 2.21. The molecule has 0 radical (unpaired) electrons. The number of carbonyl (C=O) groups excluding carboxylic acids is 1. The SMILES string of the molecule is Cc1ccccc1C(C)NC(=O)C(NS(=O)(=O)c1ccccc1F)C(C)C. The van der Waals surface area contributed by atoms with Crippen LogP contribution in [0.25, 0.3) is 0 Å². The molecule has 2 aromatic rings. The second-order valence-electron chi connectivity index (χ2n) is 6.86. The van der Waals surface area contributed by atoms with Crippen LogP contribution in [-0.4, -0.2) is 20.4 Å². The van der Waals surface area contributed by atoms with Crippen LogP contribution in [0, 0.1) is 18.7 Å². The molecule has 2 aromatic carbocycles. The molecule has 0 aliphatic heterocycles. The molecule has 2 N–H and O–H groups in total. The monoisotopic (exact) mass is 392 g/mol. The average molecular weight is 392 g/mol. The Morgan fingerprint density at radius 1 is 1.00 bits per heavy atom. The molecule has 0 spiro atoms. The van der Waals surface area contributed by atoms with Crippen LogP contribution in [0.5, 0.6) is 0 Å². The maximum atomic E-state index is 13.9. The quantitative estimate of drug-likeness (QED) is 0.759. The summed E-state index contributed by atoms with van der Waals surface area (Å²) in [5.74, 6) is -1.64. The third-order valence-electron chi connectivity index (χ3n) is 4.37. The van der Waals surface area contributed by atoms with Crippen molar-refractivity contribution < 1.29 is 17.6 Å². The van der Waals surface area contributed by atoms with E-state index < -0.39 is 32.7 Å². The summed E-state index contributed by atoms with van der Waals surface area (Å²) >= 11 is 0. The van der Waals surface area contributed by atoms with Crippen molar-refractivity contribution in [3.63, 3.8) is 0 Å². The Labute approximate surface area is 160 Å². The summed E-state index contributed by atoms with van der Waals surface area (Å²) < 4.78 is 41.3. The van der Waals surface area contributed by atoms with Crippen LogP contribution in [0.3, 0.4) is 0 Å². The molecule has 146 valence electrons. The second kappa shape index (κ2) is 8.63. The number of halogens is 1. The summed E-state index contributed by atoms with van der Waals surface area (Å²) in [6, 6.07) is 11.4. The number of sulfonamides is 1. The van der Waals surface area contributed by atoms with Gasteiger partial charge < -0.3 is 5.32 Å². The van der Waals surface area contributed by atoms with E-state index in [2.05, 4.69) is 10.0 Å². The number of amides is 1. The van der Waals surface area contributed by atoms with Gasteiger partial charge in [0.15, 0.2) is 0 Å². The van der Waals surface area contributed by atoms with Gasteiger partial charge in [0.25, 0.3) is 0 Å². The standard InChI is InChI=1S/C20H25FN2O3S/c1-13(2)19(23-27(25,26)18-12-8-7-11-17(18)21)20(24)22-15(4)16-10-6-5-9-14(16)3/h5-13,15,19,23H,1-4H3,(H,22,24). The minimum absolute atomic E-state index is 0.294. The molecule has 0 aromatic heterocycles. The van der Waals surface area contributed by atoms with Gasteiger partial charge >= 0.3 is 0 Å². The van der Waals surface area contributed by atoms with Gasteiger partial charge in [0, 0.05) is 0 Å². The molecule has 5 nitrogen and oxygen atoms in total. The fourth-order valence-corrected chi connectivity index (χ4v) is 4.26. The van der Waals surface area contributed by atoms with Gasteiger partial charge in [-0.25, -0.2) is 12.8 Å². The number of benzene rings is 2. The van der Waals surface area contributed by atoms with E-state index in [4.69, 9.17) is 0 Å². The van der Waals surface area contributed by atoms with Crippen molar-refractivity contribution in [1.29, 1.82) is 0 Å². The van der Waals surface area contributed by atoms with Gasteiger partial charge in [-0.3, -0.25) is 4.79 Å². The molecule has 0 aliphatic rings. The van der Waals surface area contributed by atoms with Gasteiger partial charge in [-0.15, -0.1) is 0 Å². The first kappa shape index (κ1) is 21.1. The fraction of sp³-hybridized carbons (Fsp3) is 0.350. The van der Waals surface area contributed by atoms with Gasteiger partial charge in [0.05, 0.1) is 6.04 Å².